The molecule has 0 aliphatic carbocycles. The lowest BCUT2D eigenvalue weighted by Gasteiger charge is -2.29. The number of phenolic OH excluding ortho intramolecular Hbond substituents is 1. The predicted octanol–water partition coefficient (Wildman–Crippen LogP) is 5.82. The molecule has 0 unspecified atom stereocenters. The summed E-state index contributed by atoms with van der Waals surface area (Å²) in [4.78, 5) is 0. The van der Waals surface area contributed by atoms with E-state index in [-0.39, 0.29) is 17.7 Å². The van der Waals surface area contributed by atoms with Crippen LogP contribution in [0.3, 0.4) is 0 Å². The van der Waals surface area contributed by atoms with Gasteiger partial charge in [-0.2, -0.15) is 0 Å². The first kappa shape index (κ1) is 16.8. The van der Waals surface area contributed by atoms with E-state index in [0.717, 1.165) is 11.3 Å². The zero-order chi connectivity index (χ0) is 17.6. The van der Waals surface area contributed by atoms with Gasteiger partial charge in [0.2, 0.25) is 0 Å². The van der Waals surface area contributed by atoms with Gasteiger partial charge in [0.15, 0.2) is 0 Å². The highest BCUT2D eigenvalue weighted by molar-refractivity contribution is 5.57. The van der Waals surface area contributed by atoms with Crippen molar-refractivity contribution in [3.05, 3.63) is 108 Å². The molecular formula is C23H23NO. The molecule has 0 saturated heterocycles. The number of rotatable bonds is 6. The van der Waals surface area contributed by atoms with Gasteiger partial charge in [0.25, 0.3) is 0 Å². The smallest absolute Gasteiger partial charge is 0.138 e. The van der Waals surface area contributed by atoms with Gasteiger partial charge in [-0.05, 0) is 35.7 Å². The van der Waals surface area contributed by atoms with Gasteiger partial charge in [-0.1, -0.05) is 72.8 Å². The third-order valence-electron chi connectivity index (χ3n) is 4.53. The second kappa shape index (κ2) is 7.71. The summed E-state index contributed by atoms with van der Waals surface area (Å²) in [5.74, 6) is 0.319. The van der Waals surface area contributed by atoms with E-state index >= 15 is 0 Å². The van der Waals surface area contributed by atoms with Crippen LogP contribution in [0, 0.1) is 6.92 Å². The summed E-state index contributed by atoms with van der Waals surface area (Å²) in [5, 5.41) is 13.7. The van der Waals surface area contributed by atoms with E-state index in [0.29, 0.717) is 0 Å². The van der Waals surface area contributed by atoms with Crippen molar-refractivity contribution in [2.75, 3.05) is 5.32 Å². The standard InChI is InChI=1S/C23H23NO/c1-3-19(20-14-8-7-11-17(20)2)23(18-12-5-4-6-13-18)24-21-15-9-10-16-22(21)25/h3-16,19,23-25H,1H2,2H3/t19-,23+/m1/s1. The first-order valence-corrected chi connectivity index (χ1v) is 8.48. The second-order valence-corrected chi connectivity index (χ2v) is 6.17. The number of nitrogens with one attached hydrogen (secondary N) is 1. The number of hydrogen-bond acceptors (Lipinski definition) is 2. The van der Waals surface area contributed by atoms with Crippen molar-refractivity contribution in [3.8, 4) is 5.75 Å². The predicted molar refractivity (Wildman–Crippen MR) is 105 cm³/mol. The van der Waals surface area contributed by atoms with Crippen LogP contribution in [0.15, 0.2) is 91.5 Å². The summed E-state index contributed by atoms with van der Waals surface area (Å²) in [7, 11) is 0. The largest absolute Gasteiger partial charge is 0.506 e. The summed E-state index contributed by atoms with van der Waals surface area (Å²) in [5.41, 5.74) is 4.33. The Balaban J connectivity index is 2.06. The van der Waals surface area contributed by atoms with Gasteiger partial charge in [0.05, 0.1) is 11.7 Å². The van der Waals surface area contributed by atoms with Crippen LogP contribution in [0.1, 0.15) is 28.7 Å². The van der Waals surface area contributed by atoms with E-state index in [9.17, 15) is 5.11 Å². The number of para-hydroxylation sites is 2. The molecule has 0 amide bonds. The highest BCUT2D eigenvalue weighted by atomic mass is 16.3. The van der Waals surface area contributed by atoms with Crippen molar-refractivity contribution in [3.63, 3.8) is 0 Å². The van der Waals surface area contributed by atoms with Crippen LogP contribution >= 0.6 is 0 Å². The molecule has 126 valence electrons. The molecule has 2 N–H and O–H groups in total. The first-order valence-electron chi connectivity index (χ1n) is 8.48. The Hall–Kier alpha value is -3.00. The Morgan fingerprint density at radius 3 is 2.20 bits per heavy atom. The number of phenols is 1. The zero-order valence-electron chi connectivity index (χ0n) is 14.4. The summed E-state index contributed by atoms with van der Waals surface area (Å²) in [6.45, 7) is 6.21. The van der Waals surface area contributed by atoms with Crippen molar-refractivity contribution in [1.82, 2.24) is 0 Å². The van der Waals surface area contributed by atoms with Gasteiger partial charge in [-0.25, -0.2) is 0 Å². The minimum absolute atomic E-state index is 0.0342. The maximum atomic E-state index is 10.2. The van der Waals surface area contributed by atoms with Gasteiger partial charge in [-0.15, -0.1) is 6.58 Å². The van der Waals surface area contributed by atoms with Crippen molar-refractivity contribution in [2.45, 2.75) is 18.9 Å². The molecule has 2 heteroatoms. The molecule has 0 aliphatic heterocycles. The van der Waals surface area contributed by atoms with Gasteiger partial charge in [-0.3, -0.25) is 0 Å². The Morgan fingerprint density at radius 2 is 1.52 bits per heavy atom. The Labute approximate surface area is 149 Å². The summed E-state index contributed by atoms with van der Waals surface area (Å²) < 4.78 is 0. The monoisotopic (exact) mass is 329 g/mol. The SMILES string of the molecule is C=C[C@H](c1ccccc1C)[C@@H](Nc1ccccc1O)c1ccccc1. The number of benzene rings is 3. The Kier molecular flexibility index (Phi) is 5.20. The fourth-order valence-corrected chi connectivity index (χ4v) is 3.21. The van der Waals surface area contributed by atoms with E-state index in [1.165, 1.54) is 11.1 Å². The molecule has 0 aliphatic rings. The molecular weight excluding hydrogens is 306 g/mol. The lowest BCUT2D eigenvalue weighted by molar-refractivity contribution is 0.476. The van der Waals surface area contributed by atoms with E-state index < -0.39 is 0 Å². The first-order chi connectivity index (χ1) is 12.2. The van der Waals surface area contributed by atoms with Crippen molar-refractivity contribution in [2.24, 2.45) is 0 Å². The molecule has 0 heterocycles. The minimum atomic E-state index is -0.0342. The van der Waals surface area contributed by atoms with E-state index in [1.54, 1.807) is 6.07 Å². The normalized spacial score (nSPS) is 13.0. The van der Waals surface area contributed by atoms with Crippen LogP contribution in [-0.4, -0.2) is 5.11 Å². The van der Waals surface area contributed by atoms with Crippen LogP contribution < -0.4 is 5.32 Å². The van der Waals surface area contributed by atoms with E-state index in [4.69, 9.17) is 0 Å². The highest BCUT2D eigenvalue weighted by Gasteiger charge is 2.24. The molecule has 3 aromatic carbocycles. The molecule has 3 aromatic rings. The van der Waals surface area contributed by atoms with Crippen LogP contribution in [0.2, 0.25) is 0 Å². The molecule has 3 rings (SSSR count). The third kappa shape index (κ3) is 3.74. The molecule has 2 nitrogen and oxygen atoms in total. The quantitative estimate of drug-likeness (QED) is 0.441. The molecule has 0 saturated carbocycles. The van der Waals surface area contributed by atoms with Crippen molar-refractivity contribution in [1.29, 1.82) is 0 Å². The van der Waals surface area contributed by atoms with Crippen molar-refractivity contribution < 1.29 is 5.11 Å². The molecule has 0 bridgehead atoms. The fourth-order valence-electron chi connectivity index (χ4n) is 3.21. The molecule has 25 heavy (non-hydrogen) atoms. The Bertz CT molecular complexity index is 841. The maximum Gasteiger partial charge on any atom is 0.138 e. The highest BCUT2D eigenvalue weighted by Crippen LogP contribution is 2.38. The van der Waals surface area contributed by atoms with E-state index in [2.05, 4.69) is 49.2 Å². The fraction of sp³-hybridized carbons (Fsp3) is 0.130. The van der Waals surface area contributed by atoms with Gasteiger partial charge < -0.3 is 10.4 Å². The van der Waals surface area contributed by atoms with Gasteiger partial charge in [0.1, 0.15) is 5.75 Å². The number of aryl methyl sites for hydroxylation is 1. The summed E-state index contributed by atoms with van der Waals surface area (Å²) in [6, 6.07) is 25.9. The minimum Gasteiger partial charge on any atom is -0.506 e. The van der Waals surface area contributed by atoms with E-state index in [1.807, 2.05) is 48.5 Å². The Morgan fingerprint density at radius 1 is 0.880 bits per heavy atom. The number of anilines is 1. The van der Waals surface area contributed by atoms with Gasteiger partial charge in [0, 0.05) is 5.92 Å². The molecule has 0 aromatic heterocycles. The molecule has 0 spiro atoms. The average molecular weight is 329 g/mol. The van der Waals surface area contributed by atoms with Crippen LogP contribution in [-0.2, 0) is 0 Å². The zero-order valence-corrected chi connectivity index (χ0v) is 14.4. The van der Waals surface area contributed by atoms with Gasteiger partial charge >= 0.3 is 0 Å². The second-order valence-electron chi connectivity index (χ2n) is 6.17. The lowest BCUT2D eigenvalue weighted by atomic mass is 9.84. The van der Waals surface area contributed by atoms with Crippen LogP contribution in [0.5, 0.6) is 5.75 Å². The maximum absolute atomic E-state index is 10.2. The average Bonchev–Trinajstić information content (AvgIpc) is 2.65. The molecule has 0 fully saturated rings. The van der Waals surface area contributed by atoms with Crippen molar-refractivity contribution >= 4 is 5.69 Å². The summed E-state index contributed by atoms with van der Waals surface area (Å²) in [6.07, 6.45) is 1.98. The van der Waals surface area contributed by atoms with Crippen LogP contribution in [0.4, 0.5) is 5.69 Å². The summed E-state index contributed by atoms with van der Waals surface area (Å²) >= 11 is 0. The lowest BCUT2D eigenvalue weighted by Crippen LogP contribution is -2.19. The third-order valence-corrected chi connectivity index (χ3v) is 4.53. The topological polar surface area (TPSA) is 32.3 Å². The number of hydrogen-bond donors (Lipinski definition) is 2. The number of aromatic hydroxyl groups is 1. The van der Waals surface area contributed by atoms with Crippen LogP contribution in [0.25, 0.3) is 0 Å². The molecule has 0 radical (unpaired) electrons. The molecule has 2 atom stereocenters.